The van der Waals surface area contributed by atoms with Crippen LogP contribution in [0, 0.1) is 0 Å². The zero-order valence-electron chi connectivity index (χ0n) is 12.8. The van der Waals surface area contributed by atoms with Crippen molar-refractivity contribution in [3.05, 3.63) is 66.2 Å². The first-order valence-corrected chi connectivity index (χ1v) is 8.55. The molecule has 0 saturated heterocycles. The van der Waals surface area contributed by atoms with E-state index in [0.717, 1.165) is 12.1 Å². The number of aromatic hydroxyl groups is 1. The van der Waals surface area contributed by atoms with Crippen LogP contribution in [0.2, 0.25) is 0 Å². The van der Waals surface area contributed by atoms with Gasteiger partial charge in [-0.2, -0.15) is 0 Å². The van der Waals surface area contributed by atoms with E-state index in [9.17, 15) is 18.3 Å². The van der Waals surface area contributed by atoms with Crippen molar-refractivity contribution in [2.24, 2.45) is 0 Å². The van der Waals surface area contributed by atoms with Gasteiger partial charge in [-0.25, -0.2) is 13.2 Å². The van der Waals surface area contributed by atoms with E-state index >= 15 is 0 Å². The van der Waals surface area contributed by atoms with Gasteiger partial charge in [-0.3, -0.25) is 0 Å². The Morgan fingerprint density at radius 3 is 2.38 bits per heavy atom. The maximum Gasteiger partial charge on any atom is 0.339 e. The molecule has 0 aliphatic carbocycles. The molecule has 0 radical (unpaired) electrons. The number of ether oxygens (including phenoxy) is 1. The zero-order chi connectivity index (χ0) is 17.7. The lowest BCUT2D eigenvalue weighted by Crippen LogP contribution is -2.25. The van der Waals surface area contributed by atoms with E-state index in [-0.39, 0.29) is 16.2 Å². The summed E-state index contributed by atoms with van der Waals surface area (Å²) >= 11 is 0. The van der Waals surface area contributed by atoms with Gasteiger partial charge in [-0.05, 0) is 37.3 Å². The SMILES string of the molecule is CC=CC(Oc1ccc(C(=O)O)c(O)c1)S(=O)(=O)c1ccccc1. The Labute approximate surface area is 139 Å². The van der Waals surface area contributed by atoms with Crippen molar-refractivity contribution in [2.45, 2.75) is 17.3 Å². The maximum atomic E-state index is 12.7. The highest BCUT2D eigenvalue weighted by atomic mass is 32.2. The summed E-state index contributed by atoms with van der Waals surface area (Å²) in [5.41, 5.74) is -1.60. The maximum absolute atomic E-state index is 12.7. The Hall–Kier alpha value is -2.80. The third-order valence-corrected chi connectivity index (χ3v) is 4.97. The highest BCUT2D eigenvalue weighted by Crippen LogP contribution is 2.27. The Balaban J connectivity index is 2.36. The minimum absolute atomic E-state index is 0.0418. The lowest BCUT2D eigenvalue weighted by atomic mass is 10.2. The summed E-state index contributed by atoms with van der Waals surface area (Å²) in [6, 6.07) is 11.3. The molecule has 0 spiro atoms. The molecule has 0 aliphatic heterocycles. The molecule has 0 aromatic heterocycles. The Morgan fingerprint density at radius 1 is 1.17 bits per heavy atom. The quantitative estimate of drug-likeness (QED) is 0.779. The van der Waals surface area contributed by atoms with E-state index in [2.05, 4.69) is 0 Å². The van der Waals surface area contributed by atoms with Gasteiger partial charge in [0.25, 0.3) is 0 Å². The number of allylic oxidation sites excluding steroid dienone is 1. The Bertz CT molecular complexity index is 856. The lowest BCUT2D eigenvalue weighted by molar-refractivity contribution is 0.0693. The molecule has 2 aromatic carbocycles. The first-order valence-electron chi connectivity index (χ1n) is 7.01. The van der Waals surface area contributed by atoms with Crippen LogP contribution < -0.4 is 4.74 Å². The number of aromatic carboxylic acids is 1. The number of carboxylic acid groups (broad SMARTS) is 1. The van der Waals surface area contributed by atoms with Gasteiger partial charge < -0.3 is 14.9 Å². The van der Waals surface area contributed by atoms with Crippen molar-refractivity contribution in [3.8, 4) is 11.5 Å². The fourth-order valence-electron chi connectivity index (χ4n) is 2.01. The van der Waals surface area contributed by atoms with Gasteiger partial charge in [0, 0.05) is 6.07 Å². The second kappa shape index (κ2) is 7.18. The molecule has 2 aromatic rings. The molecular weight excluding hydrogens is 332 g/mol. The molecule has 126 valence electrons. The molecule has 0 saturated carbocycles. The fraction of sp³-hybridized carbons (Fsp3) is 0.118. The predicted octanol–water partition coefficient (Wildman–Crippen LogP) is 2.85. The fourth-order valence-corrected chi connectivity index (χ4v) is 3.41. The van der Waals surface area contributed by atoms with Crippen LogP contribution in [-0.2, 0) is 9.84 Å². The minimum Gasteiger partial charge on any atom is -0.507 e. The number of carbonyl (C=O) groups is 1. The molecule has 0 aliphatic rings. The van der Waals surface area contributed by atoms with E-state index < -0.39 is 27.0 Å². The van der Waals surface area contributed by atoms with Gasteiger partial charge in [0.05, 0.1) is 4.90 Å². The standard InChI is InChI=1S/C17H16O6S/c1-2-6-16(24(21,22)13-7-4-3-5-8-13)23-12-9-10-14(17(19)20)15(18)11-12/h2-11,16,18H,1H3,(H,19,20). The second-order valence-electron chi connectivity index (χ2n) is 4.85. The van der Waals surface area contributed by atoms with Crippen LogP contribution in [0.1, 0.15) is 17.3 Å². The highest BCUT2D eigenvalue weighted by Gasteiger charge is 2.27. The smallest absolute Gasteiger partial charge is 0.339 e. The van der Waals surface area contributed by atoms with Gasteiger partial charge in [0.15, 0.2) is 0 Å². The van der Waals surface area contributed by atoms with E-state index in [0.29, 0.717) is 0 Å². The van der Waals surface area contributed by atoms with Crippen LogP contribution in [0.15, 0.2) is 65.6 Å². The summed E-state index contributed by atoms with van der Waals surface area (Å²) in [6.07, 6.45) is 2.90. The van der Waals surface area contributed by atoms with Crippen LogP contribution in [0.4, 0.5) is 0 Å². The van der Waals surface area contributed by atoms with Crippen LogP contribution >= 0.6 is 0 Å². The second-order valence-corrected chi connectivity index (χ2v) is 6.88. The molecule has 0 bridgehead atoms. The summed E-state index contributed by atoms with van der Waals surface area (Å²) in [7, 11) is -3.81. The van der Waals surface area contributed by atoms with Crippen LogP contribution in [0.5, 0.6) is 11.5 Å². The molecule has 0 amide bonds. The summed E-state index contributed by atoms with van der Waals surface area (Å²) in [6.45, 7) is 1.65. The third kappa shape index (κ3) is 3.75. The zero-order valence-corrected chi connectivity index (χ0v) is 13.6. The molecular formula is C17H16O6S. The summed E-state index contributed by atoms with van der Waals surface area (Å²) in [5.74, 6) is -1.75. The summed E-state index contributed by atoms with van der Waals surface area (Å²) in [4.78, 5) is 11.0. The van der Waals surface area contributed by atoms with Crippen molar-refractivity contribution in [1.82, 2.24) is 0 Å². The van der Waals surface area contributed by atoms with Gasteiger partial charge in [-0.15, -0.1) is 0 Å². The first-order chi connectivity index (χ1) is 11.4. The van der Waals surface area contributed by atoms with Gasteiger partial charge in [0.2, 0.25) is 15.3 Å². The number of benzene rings is 2. The molecule has 2 rings (SSSR count). The summed E-state index contributed by atoms with van der Waals surface area (Å²) < 4.78 is 30.8. The monoisotopic (exact) mass is 348 g/mol. The number of carboxylic acids is 1. The molecule has 1 unspecified atom stereocenters. The van der Waals surface area contributed by atoms with Crippen molar-refractivity contribution in [1.29, 1.82) is 0 Å². The number of hydrogen-bond donors (Lipinski definition) is 2. The average Bonchev–Trinajstić information content (AvgIpc) is 2.55. The van der Waals surface area contributed by atoms with E-state index in [1.807, 2.05) is 0 Å². The molecule has 24 heavy (non-hydrogen) atoms. The molecule has 6 nitrogen and oxygen atoms in total. The minimum atomic E-state index is -3.81. The lowest BCUT2D eigenvalue weighted by Gasteiger charge is -2.17. The van der Waals surface area contributed by atoms with Crippen molar-refractivity contribution < 1.29 is 28.2 Å². The van der Waals surface area contributed by atoms with Crippen molar-refractivity contribution >= 4 is 15.8 Å². The third-order valence-electron chi connectivity index (χ3n) is 3.18. The van der Waals surface area contributed by atoms with Crippen molar-refractivity contribution in [3.63, 3.8) is 0 Å². The Morgan fingerprint density at radius 2 is 1.83 bits per heavy atom. The molecule has 0 heterocycles. The Kier molecular flexibility index (Phi) is 5.25. The van der Waals surface area contributed by atoms with E-state index in [1.165, 1.54) is 30.4 Å². The van der Waals surface area contributed by atoms with E-state index in [4.69, 9.17) is 9.84 Å². The van der Waals surface area contributed by atoms with Gasteiger partial charge >= 0.3 is 5.97 Å². The highest BCUT2D eigenvalue weighted by molar-refractivity contribution is 7.92. The number of sulfone groups is 1. The van der Waals surface area contributed by atoms with Crippen LogP contribution in [0.3, 0.4) is 0 Å². The molecule has 2 N–H and O–H groups in total. The van der Waals surface area contributed by atoms with Crippen molar-refractivity contribution in [2.75, 3.05) is 0 Å². The topological polar surface area (TPSA) is 101 Å². The number of rotatable bonds is 6. The van der Waals surface area contributed by atoms with Gasteiger partial charge in [0.1, 0.15) is 17.1 Å². The molecule has 1 atom stereocenters. The number of phenols is 1. The van der Waals surface area contributed by atoms with Crippen LogP contribution in [0.25, 0.3) is 0 Å². The normalized spacial score (nSPS) is 12.9. The van der Waals surface area contributed by atoms with Gasteiger partial charge in [-0.1, -0.05) is 24.3 Å². The predicted molar refractivity (Wildman–Crippen MR) is 87.9 cm³/mol. The summed E-state index contributed by atoms with van der Waals surface area (Å²) in [5, 5.41) is 18.6. The largest absolute Gasteiger partial charge is 0.507 e. The van der Waals surface area contributed by atoms with Crippen LogP contribution in [-0.4, -0.2) is 30.0 Å². The number of hydrogen-bond acceptors (Lipinski definition) is 5. The molecule has 7 heteroatoms. The average molecular weight is 348 g/mol. The first kappa shape index (κ1) is 17.6. The molecule has 0 fully saturated rings. The van der Waals surface area contributed by atoms with E-state index in [1.54, 1.807) is 25.1 Å².